The van der Waals surface area contributed by atoms with Gasteiger partial charge in [-0.05, 0) is 26.9 Å². The number of hydrogen-bond donors (Lipinski definition) is 0. The summed E-state index contributed by atoms with van der Waals surface area (Å²) in [5.41, 5.74) is 0. The largest absolute Gasteiger partial charge is 0.482 e. The normalized spacial score (nSPS) is 45.1. The Bertz CT molecular complexity index is 911. The van der Waals surface area contributed by atoms with Crippen molar-refractivity contribution in [1.82, 2.24) is 0 Å². The lowest BCUT2D eigenvalue weighted by Gasteiger charge is -2.54. The van der Waals surface area contributed by atoms with Gasteiger partial charge in [-0.2, -0.15) is 0 Å². The summed E-state index contributed by atoms with van der Waals surface area (Å²) >= 11 is 3.33. The summed E-state index contributed by atoms with van der Waals surface area (Å²) in [6.45, 7) is 16.1. The molecule has 4 heterocycles. The maximum Gasteiger partial charge on any atom is 0.482 e. The van der Waals surface area contributed by atoms with Gasteiger partial charge < -0.3 is 55.1 Å². The van der Waals surface area contributed by atoms with Gasteiger partial charge in [-0.3, -0.25) is 4.79 Å². The molecule has 8 unspecified atom stereocenters. The summed E-state index contributed by atoms with van der Waals surface area (Å²) < 4.78 is 80.7. The quantitative estimate of drug-likeness (QED) is 0.235. The smallest absolute Gasteiger partial charge is 0.465 e. The van der Waals surface area contributed by atoms with Gasteiger partial charge in [0, 0.05) is 47.0 Å². The Labute approximate surface area is 256 Å². The first-order valence-corrected chi connectivity index (χ1v) is 30.9. The fraction of sp³-hybridized carbons (Fsp3) is 0.941. The van der Waals surface area contributed by atoms with Crippen LogP contribution in [0.3, 0.4) is 0 Å². The Morgan fingerprint density at radius 1 is 0.800 bits per heavy atom. The molecule has 0 aliphatic carbocycles. The number of methoxy groups -OCH3 is 1. The first-order valence-electron chi connectivity index (χ1n) is 12.5. The van der Waals surface area contributed by atoms with Crippen LogP contribution < -0.4 is 0 Å². The van der Waals surface area contributed by atoms with Crippen molar-refractivity contribution in [3.63, 3.8) is 0 Å². The van der Waals surface area contributed by atoms with E-state index in [9.17, 15) is 4.79 Å². The zero-order valence-corrected chi connectivity index (χ0v) is 34.3. The lowest BCUT2D eigenvalue weighted by Crippen LogP contribution is -2.78. The van der Waals surface area contributed by atoms with Gasteiger partial charge in [0.15, 0.2) is 9.04 Å². The second-order valence-electron chi connectivity index (χ2n) is 10.5. The van der Waals surface area contributed by atoms with Crippen molar-refractivity contribution in [3.8, 4) is 0 Å². The van der Waals surface area contributed by atoms with Crippen LogP contribution >= 0.6 is 15.9 Å². The van der Waals surface area contributed by atoms with Crippen LogP contribution in [0, 0.1) is 0 Å². The third-order valence-electron chi connectivity index (χ3n) is 5.38. The number of fused-ring (bicyclic) bond motifs is 4. The minimum atomic E-state index is -3.70. The summed E-state index contributed by atoms with van der Waals surface area (Å²) in [6, 6.07) is 0.140. The van der Waals surface area contributed by atoms with Crippen molar-refractivity contribution in [2.24, 2.45) is 0 Å². The van der Waals surface area contributed by atoms with Gasteiger partial charge in [0.1, 0.15) is 4.32 Å². The lowest BCUT2D eigenvalue weighted by atomic mass is 10.2. The fourth-order valence-corrected chi connectivity index (χ4v) is 44.3. The zero-order valence-electron chi connectivity index (χ0n) is 24.4. The van der Waals surface area contributed by atoms with E-state index in [4.69, 9.17) is 50.3 Å². The predicted octanol–water partition coefficient (Wildman–Crippen LogP) is 2.36. The molecule has 6 bridgehead atoms. The van der Waals surface area contributed by atoms with E-state index >= 15 is 0 Å². The molecule has 0 spiro atoms. The highest BCUT2D eigenvalue weighted by molar-refractivity contribution is 9.10. The number of ether oxygens (including phenoxy) is 2. The predicted molar refractivity (Wildman–Crippen MR) is 165 cm³/mol. The molecule has 0 aromatic rings. The van der Waals surface area contributed by atoms with Crippen molar-refractivity contribution in [2.75, 3.05) is 27.1 Å². The number of rotatable bonds is 4. The molecule has 8 atom stereocenters. The molecule has 4 saturated heterocycles. The summed E-state index contributed by atoms with van der Waals surface area (Å²) in [4.78, 5) is 12.4. The molecule has 0 radical (unpaired) electrons. The monoisotopic (exact) mass is 776 g/mol. The van der Waals surface area contributed by atoms with E-state index < -0.39 is 81.4 Å². The number of hydrogen-bond acceptors (Lipinski definition) is 14. The van der Waals surface area contributed by atoms with Crippen molar-refractivity contribution in [2.45, 2.75) is 77.5 Å². The van der Waals surface area contributed by atoms with Crippen LogP contribution in [0.4, 0.5) is 0 Å². The van der Waals surface area contributed by atoms with Crippen LogP contribution in [0.5, 0.6) is 0 Å². The highest BCUT2D eigenvalue weighted by atomic mass is 79.9. The van der Waals surface area contributed by atoms with Crippen LogP contribution in [-0.2, 0) is 59.8 Å². The van der Waals surface area contributed by atoms with Gasteiger partial charge in [-0.15, -0.1) is 0 Å². The second-order valence-corrected chi connectivity index (χ2v) is 34.9. The Balaban J connectivity index is 0.00000134. The number of carbonyl (C=O) groups is 1. The average Bonchev–Trinajstić information content (AvgIpc) is 2.70. The number of carbonyl (C=O) groups excluding carboxylic acids is 1. The summed E-state index contributed by atoms with van der Waals surface area (Å²) in [6.07, 6.45) is 0.307. The molecular formula is C17H45BrO14Si8. The maximum absolute atomic E-state index is 12.4. The third-order valence-corrected chi connectivity index (χ3v) is 37.6. The van der Waals surface area contributed by atoms with Crippen molar-refractivity contribution < 1.29 is 59.8 Å². The average molecular weight is 778 g/mol. The zero-order chi connectivity index (χ0) is 29.5. The van der Waals surface area contributed by atoms with E-state index in [0.29, 0.717) is 6.23 Å². The summed E-state index contributed by atoms with van der Waals surface area (Å²) in [7, 11) is -22.2. The molecular weight excluding hydrogens is 733 g/mol. The van der Waals surface area contributed by atoms with Crippen LogP contribution in [0.1, 0.15) is 21.3 Å². The van der Waals surface area contributed by atoms with Crippen LogP contribution in [0.2, 0.25) is 51.9 Å². The molecule has 0 aromatic carbocycles. The third kappa shape index (κ3) is 9.60. The van der Waals surface area contributed by atoms with Crippen LogP contribution in [-0.4, -0.2) is 109 Å². The first-order chi connectivity index (χ1) is 17.7. The van der Waals surface area contributed by atoms with E-state index in [1.54, 1.807) is 54.3 Å². The minimum Gasteiger partial charge on any atom is -0.465 e. The standard InChI is InChI=1S/C14H35BrO13Si8.C2H6O.CH4/c1-14(2,15)13(16)17-10-11-36-21-30(4)20-33(7)23-32(6)19-29(3)12-18-31(5,27-36)22-34(8,24-32)26-35(9,25-33)28-36;1-3-2;/h29-30H,10-12H2,1-9H3;1-2H3;1H4. The Hall–Kier alpha value is 1.21. The molecule has 40 heavy (non-hydrogen) atoms. The molecule has 4 aliphatic rings. The topological polar surface area (TPSA) is 137 Å². The molecule has 236 valence electrons. The SMILES string of the molecule is C.COC.C[SiH]1CO[Si]2(C)O[Si]3(C)O[Si](C)(O1)O[Si]1(C)O[SiH](C)O[Si](CCOC(=O)C(C)(C)Br)(O2)O[Si](C)(O1)O3. The molecule has 0 aromatic heterocycles. The fourth-order valence-electron chi connectivity index (χ4n) is 4.51. The van der Waals surface area contributed by atoms with Crippen molar-refractivity contribution in [1.29, 1.82) is 0 Å². The summed E-state index contributed by atoms with van der Waals surface area (Å²) in [5, 5.41) is 0. The van der Waals surface area contributed by atoms with E-state index in [1.165, 1.54) is 0 Å². The number of alkyl halides is 1. The number of halogens is 1. The minimum absolute atomic E-state index is 0. The van der Waals surface area contributed by atoms with E-state index in [1.807, 2.05) is 19.6 Å². The molecule has 0 N–H and O–H groups in total. The van der Waals surface area contributed by atoms with E-state index in [2.05, 4.69) is 20.7 Å². The Morgan fingerprint density at radius 3 is 1.82 bits per heavy atom. The molecule has 0 saturated carbocycles. The first kappa shape index (κ1) is 37.4. The lowest BCUT2D eigenvalue weighted by molar-refractivity contribution is -0.145. The van der Waals surface area contributed by atoms with E-state index in [-0.39, 0.29) is 20.1 Å². The van der Waals surface area contributed by atoms with Gasteiger partial charge in [-0.1, -0.05) is 23.4 Å². The highest BCUT2D eigenvalue weighted by Crippen LogP contribution is 2.42. The second kappa shape index (κ2) is 13.3. The molecule has 4 rings (SSSR count). The van der Waals surface area contributed by atoms with E-state index in [0.717, 1.165) is 0 Å². The molecule has 4 aliphatic heterocycles. The highest BCUT2D eigenvalue weighted by Gasteiger charge is 2.71. The Morgan fingerprint density at radius 2 is 1.25 bits per heavy atom. The van der Waals surface area contributed by atoms with Crippen molar-refractivity contribution >= 4 is 93.0 Å². The molecule has 4 fully saturated rings. The van der Waals surface area contributed by atoms with Crippen LogP contribution in [0.25, 0.3) is 0 Å². The molecule has 23 heteroatoms. The van der Waals surface area contributed by atoms with Gasteiger partial charge in [-0.25, -0.2) is 0 Å². The van der Waals surface area contributed by atoms with Gasteiger partial charge in [0.25, 0.3) is 0 Å². The van der Waals surface area contributed by atoms with Gasteiger partial charge in [0.2, 0.25) is 0 Å². The van der Waals surface area contributed by atoms with Crippen LogP contribution in [0.15, 0.2) is 0 Å². The number of esters is 1. The van der Waals surface area contributed by atoms with Gasteiger partial charge in [0.05, 0.1) is 18.9 Å². The molecule has 14 nitrogen and oxygen atoms in total. The Kier molecular flexibility index (Phi) is 12.4. The maximum atomic E-state index is 12.4. The summed E-state index contributed by atoms with van der Waals surface area (Å²) in [5.74, 6) is -0.422. The van der Waals surface area contributed by atoms with Gasteiger partial charge >= 0.3 is 68.1 Å². The molecule has 0 amide bonds. The van der Waals surface area contributed by atoms with Crippen molar-refractivity contribution in [3.05, 3.63) is 0 Å².